The summed E-state index contributed by atoms with van der Waals surface area (Å²) in [5.41, 5.74) is 10.7. The Morgan fingerprint density at radius 2 is 1.86 bits per heavy atom. The second kappa shape index (κ2) is 8.90. The maximum Gasteiger partial charge on any atom is 0.270 e. The van der Waals surface area contributed by atoms with Gasteiger partial charge in [0.1, 0.15) is 11.5 Å². The number of hydrogen-bond donors (Lipinski definition) is 2. The summed E-state index contributed by atoms with van der Waals surface area (Å²) in [7, 11) is 3.14. The number of hydrogen-bond acceptors (Lipinski definition) is 7. The van der Waals surface area contributed by atoms with Gasteiger partial charge in [0.2, 0.25) is 4.77 Å². The number of carbonyl (C=O) groups is 1. The summed E-state index contributed by atoms with van der Waals surface area (Å²) >= 11 is 5.56. The minimum atomic E-state index is -0.0689. The van der Waals surface area contributed by atoms with Gasteiger partial charge in [-0.2, -0.15) is 0 Å². The smallest absolute Gasteiger partial charge is 0.270 e. The van der Waals surface area contributed by atoms with Crippen molar-refractivity contribution in [1.82, 2.24) is 24.4 Å². The van der Waals surface area contributed by atoms with Crippen LogP contribution in [0, 0.1) is 4.77 Å². The lowest BCUT2D eigenvalue weighted by molar-refractivity contribution is 0.0515. The van der Waals surface area contributed by atoms with E-state index in [2.05, 4.69) is 15.0 Å². The van der Waals surface area contributed by atoms with Crippen LogP contribution in [0.2, 0.25) is 0 Å². The summed E-state index contributed by atoms with van der Waals surface area (Å²) in [6.45, 7) is 0.961. The van der Waals surface area contributed by atoms with Gasteiger partial charge in [0.05, 0.1) is 25.8 Å². The molecule has 0 unspecified atom stereocenters. The van der Waals surface area contributed by atoms with E-state index in [0.717, 1.165) is 27.4 Å². The molecular weight excluding hydrogens is 488 g/mol. The SMILES string of the molecule is COc1cc2nc(=S)n(C3CN(C(=O)c4cc5ccc(-c6cccnc6)cc5[nH]4)C3)c(N)c2cc1OC. The fourth-order valence-corrected chi connectivity index (χ4v) is 5.16. The first-order valence-corrected chi connectivity index (χ1v) is 12.1. The number of nitrogens with one attached hydrogen (secondary N) is 1. The van der Waals surface area contributed by atoms with Crippen LogP contribution in [0.4, 0.5) is 5.82 Å². The molecule has 37 heavy (non-hydrogen) atoms. The molecule has 1 fully saturated rings. The Balaban J connectivity index is 1.24. The van der Waals surface area contributed by atoms with Crippen molar-refractivity contribution in [1.29, 1.82) is 0 Å². The Morgan fingerprint density at radius 1 is 1.08 bits per heavy atom. The van der Waals surface area contributed by atoms with Crippen LogP contribution >= 0.6 is 12.2 Å². The van der Waals surface area contributed by atoms with E-state index in [9.17, 15) is 4.79 Å². The van der Waals surface area contributed by atoms with Crippen LogP contribution in [0.5, 0.6) is 11.5 Å². The molecule has 186 valence electrons. The number of aromatic amines is 1. The number of nitrogens with zero attached hydrogens (tertiary/aromatic N) is 4. The van der Waals surface area contributed by atoms with Gasteiger partial charge in [-0.05, 0) is 42.0 Å². The summed E-state index contributed by atoms with van der Waals surface area (Å²) in [4.78, 5) is 27.0. The van der Waals surface area contributed by atoms with E-state index in [1.54, 1.807) is 37.4 Å². The largest absolute Gasteiger partial charge is 0.493 e. The van der Waals surface area contributed by atoms with Crippen LogP contribution in [0.1, 0.15) is 16.5 Å². The lowest BCUT2D eigenvalue weighted by Gasteiger charge is -2.40. The second-order valence-corrected chi connectivity index (χ2v) is 9.33. The van der Waals surface area contributed by atoms with Crippen molar-refractivity contribution < 1.29 is 14.3 Å². The van der Waals surface area contributed by atoms with E-state index in [4.69, 9.17) is 27.4 Å². The maximum absolute atomic E-state index is 13.2. The maximum atomic E-state index is 13.2. The van der Waals surface area contributed by atoms with Gasteiger partial charge in [0.25, 0.3) is 5.91 Å². The summed E-state index contributed by atoms with van der Waals surface area (Å²) in [6, 6.07) is 15.4. The van der Waals surface area contributed by atoms with E-state index in [-0.39, 0.29) is 11.9 Å². The number of H-pyrrole nitrogens is 1. The van der Waals surface area contributed by atoms with Crippen molar-refractivity contribution in [2.75, 3.05) is 33.0 Å². The number of carbonyl (C=O) groups excluding carboxylic acids is 1. The molecular formula is C27H24N6O3S. The molecule has 1 amide bonds. The normalized spacial score (nSPS) is 13.6. The molecule has 0 spiro atoms. The molecule has 9 nitrogen and oxygen atoms in total. The Kier molecular flexibility index (Phi) is 5.53. The van der Waals surface area contributed by atoms with Crippen molar-refractivity contribution in [3.8, 4) is 22.6 Å². The number of likely N-dealkylation sites (tertiary alicyclic amines) is 1. The quantitative estimate of drug-likeness (QED) is 0.331. The van der Waals surface area contributed by atoms with Gasteiger partial charge in [0, 0.05) is 53.4 Å². The highest BCUT2D eigenvalue weighted by atomic mass is 32.1. The number of amides is 1. The molecule has 0 atom stereocenters. The summed E-state index contributed by atoms with van der Waals surface area (Å²) in [5.74, 6) is 1.53. The zero-order valence-corrected chi connectivity index (χ0v) is 21.1. The fourth-order valence-electron chi connectivity index (χ4n) is 4.82. The van der Waals surface area contributed by atoms with Crippen LogP contribution in [-0.4, -0.2) is 57.6 Å². The fraction of sp³-hybridized carbons (Fsp3) is 0.185. The van der Waals surface area contributed by atoms with E-state index < -0.39 is 0 Å². The standard InChI is InChI=1S/C27H24N6O3S/c1-35-23-10-19-21(11-24(23)36-2)31-27(37)33(25(19)28)18-13-32(14-18)26(34)22-9-16-6-5-15(8-20(16)30-22)17-4-3-7-29-12-17/h3-12,18,30H,13-14,28H2,1-2H3. The number of pyridine rings is 1. The molecule has 0 radical (unpaired) electrons. The van der Waals surface area contributed by atoms with Gasteiger partial charge in [-0.15, -0.1) is 0 Å². The van der Waals surface area contributed by atoms with Gasteiger partial charge >= 0.3 is 0 Å². The van der Waals surface area contributed by atoms with Crippen molar-refractivity contribution >= 4 is 45.7 Å². The Hall–Kier alpha value is -4.44. The molecule has 1 aliphatic rings. The van der Waals surface area contributed by atoms with Gasteiger partial charge in [0.15, 0.2) is 11.5 Å². The van der Waals surface area contributed by atoms with E-state index in [1.165, 1.54) is 0 Å². The zero-order valence-electron chi connectivity index (χ0n) is 20.3. The number of nitrogen functional groups attached to an aromatic ring is 1. The number of fused-ring (bicyclic) bond motifs is 2. The zero-order chi connectivity index (χ0) is 25.7. The number of methoxy groups -OCH3 is 2. The third kappa shape index (κ3) is 3.86. The number of benzene rings is 2. The average Bonchev–Trinajstić information content (AvgIpc) is 3.33. The van der Waals surface area contributed by atoms with Crippen molar-refractivity contribution in [2.45, 2.75) is 6.04 Å². The molecule has 10 heteroatoms. The molecule has 1 aliphatic heterocycles. The third-order valence-electron chi connectivity index (χ3n) is 6.82. The van der Waals surface area contributed by atoms with Crippen molar-refractivity contribution in [2.24, 2.45) is 0 Å². The number of anilines is 1. The van der Waals surface area contributed by atoms with Gasteiger partial charge in [-0.25, -0.2) is 4.98 Å². The summed E-state index contributed by atoms with van der Waals surface area (Å²) in [5, 5.41) is 1.69. The van der Waals surface area contributed by atoms with E-state index >= 15 is 0 Å². The predicted octanol–water partition coefficient (Wildman–Crippen LogP) is 4.61. The molecule has 3 N–H and O–H groups in total. The van der Waals surface area contributed by atoms with Crippen LogP contribution in [0.25, 0.3) is 32.9 Å². The number of aromatic nitrogens is 4. The molecule has 6 rings (SSSR count). The molecule has 5 aromatic rings. The molecule has 0 saturated carbocycles. The average molecular weight is 513 g/mol. The minimum absolute atomic E-state index is 0.0667. The third-order valence-corrected chi connectivity index (χ3v) is 7.11. The van der Waals surface area contributed by atoms with Crippen LogP contribution in [0.15, 0.2) is 60.9 Å². The molecule has 1 saturated heterocycles. The number of ether oxygens (including phenoxy) is 2. The Labute approximate surface area is 217 Å². The topological polar surface area (TPSA) is 111 Å². The van der Waals surface area contributed by atoms with Crippen molar-refractivity contribution in [3.63, 3.8) is 0 Å². The Bertz CT molecular complexity index is 1720. The van der Waals surface area contributed by atoms with Crippen LogP contribution < -0.4 is 15.2 Å². The van der Waals surface area contributed by atoms with Crippen LogP contribution in [-0.2, 0) is 0 Å². The lowest BCUT2D eigenvalue weighted by Crippen LogP contribution is -2.51. The van der Waals surface area contributed by atoms with Gasteiger partial charge < -0.3 is 25.1 Å². The molecule has 3 aromatic heterocycles. The highest BCUT2D eigenvalue weighted by Gasteiger charge is 2.34. The first-order valence-electron chi connectivity index (χ1n) is 11.7. The first kappa shape index (κ1) is 23.0. The van der Waals surface area contributed by atoms with Gasteiger partial charge in [-0.3, -0.25) is 14.3 Å². The van der Waals surface area contributed by atoms with Crippen molar-refractivity contribution in [3.05, 3.63) is 71.4 Å². The molecule has 0 aliphatic carbocycles. The second-order valence-electron chi connectivity index (χ2n) is 8.96. The first-order chi connectivity index (χ1) is 18.0. The molecule has 4 heterocycles. The predicted molar refractivity (Wildman–Crippen MR) is 145 cm³/mol. The van der Waals surface area contributed by atoms with Crippen LogP contribution in [0.3, 0.4) is 0 Å². The van der Waals surface area contributed by atoms with E-state index in [1.807, 2.05) is 47.2 Å². The lowest BCUT2D eigenvalue weighted by atomic mass is 10.1. The van der Waals surface area contributed by atoms with E-state index in [0.29, 0.717) is 46.4 Å². The number of nitrogens with two attached hydrogens (primary N) is 1. The highest BCUT2D eigenvalue weighted by Crippen LogP contribution is 2.36. The Morgan fingerprint density at radius 3 is 2.59 bits per heavy atom. The summed E-state index contributed by atoms with van der Waals surface area (Å²) < 4.78 is 13.0. The summed E-state index contributed by atoms with van der Waals surface area (Å²) in [6.07, 6.45) is 3.57. The van der Waals surface area contributed by atoms with Gasteiger partial charge in [-0.1, -0.05) is 18.2 Å². The minimum Gasteiger partial charge on any atom is -0.493 e. The highest BCUT2D eigenvalue weighted by molar-refractivity contribution is 7.71. The molecule has 2 aromatic carbocycles. The monoisotopic (exact) mass is 512 g/mol. The molecule has 0 bridgehead atoms. The number of rotatable bonds is 5.